The van der Waals surface area contributed by atoms with Crippen LogP contribution in [0.2, 0.25) is 0 Å². The maximum atomic E-state index is 14.1. The van der Waals surface area contributed by atoms with Crippen LogP contribution in [0.3, 0.4) is 0 Å². The zero-order valence-corrected chi connectivity index (χ0v) is 18.9. The van der Waals surface area contributed by atoms with Crippen LogP contribution in [0.4, 0.5) is 8.78 Å². The largest absolute Gasteiger partial charge is 0.356 e. The molecular weight excluding hydrogens is 446 g/mol. The topological polar surface area (TPSA) is 111 Å². The second kappa shape index (κ2) is 7.89. The van der Waals surface area contributed by atoms with Gasteiger partial charge in [-0.15, -0.1) is 0 Å². The third-order valence-electron chi connectivity index (χ3n) is 7.85. The third kappa shape index (κ3) is 3.47. The van der Waals surface area contributed by atoms with Crippen molar-refractivity contribution in [3.63, 3.8) is 0 Å². The quantitative estimate of drug-likeness (QED) is 0.556. The first kappa shape index (κ1) is 22.5. The third-order valence-corrected chi connectivity index (χ3v) is 7.85. The molecule has 0 spiro atoms. The first-order chi connectivity index (χ1) is 16.1. The number of benzene rings is 1. The molecule has 2 saturated heterocycles. The molecule has 3 N–H and O–H groups in total. The number of likely N-dealkylation sites (tertiary alicyclic amines) is 1. The highest BCUT2D eigenvalue weighted by Crippen LogP contribution is 2.65. The maximum Gasteiger partial charge on any atom is 0.271 e. The van der Waals surface area contributed by atoms with Gasteiger partial charge < -0.3 is 25.3 Å². The van der Waals surface area contributed by atoms with E-state index in [1.54, 1.807) is 0 Å². The van der Waals surface area contributed by atoms with E-state index in [-0.39, 0.29) is 46.7 Å². The molecule has 8 nitrogen and oxygen atoms in total. The number of rotatable bonds is 6. The van der Waals surface area contributed by atoms with Gasteiger partial charge in [0.25, 0.3) is 5.91 Å². The molecule has 3 amide bonds. The Morgan fingerprint density at radius 2 is 2.09 bits per heavy atom. The smallest absolute Gasteiger partial charge is 0.271 e. The van der Waals surface area contributed by atoms with E-state index in [0.717, 1.165) is 6.07 Å². The fourth-order valence-corrected chi connectivity index (χ4v) is 5.80. The molecule has 5 atom stereocenters. The normalized spacial score (nSPS) is 27.9. The van der Waals surface area contributed by atoms with Crippen molar-refractivity contribution < 1.29 is 28.0 Å². The number of piperidine rings is 1. The second-order valence-corrected chi connectivity index (χ2v) is 10.1. The van der Waals surface area contributed by atoms with E-state index >= 15 is 0 Å². The molecular formula is C24H26F2N4O4. The summed E-state index contributed by atoms with van der Waals surface area (Å²) >= 11 is 0. The van der Waals surface area contributed by atoms with Gasteiger partial charge in [0.2, 0.25) is 11.8 Å². The molecule has 3 aliphatic rings. The van der Waals surface area contributed by atoms with Gasteiger partial charge in [-0.25, -0.2) is 8.78 Å². The Balaban J connectivity index is 1.37. The van der Waals surface area contributed by atoms with Crippen molar-refractivity contribution in [1.82, 2.24) is 20.5 Å². The summed E-state index contributed by atoms with van der Waals surface area (Å²) in [7, 11) is 0. The number of aldehydes is 1. The average Bonchev–Trinajstić information content (AvgIpc) is 3.31. The van der Waals surface area contributed by atoms with Gasteiger partial charge in [-0.1, -0.05) is 13.8 Å². The number of H-pyrrole nitrogens is 1. The number of halogens is 2. The summed E-state index contributed by atoms with van der Waals surface area (Å²) in [6, 6.07) is 2.17. The van der Waals surface area contributed by atoms with Crippen molar-refractivity contribution >= 4 is 34.9 Å². The lowest BCUT2D eigenvalue weighted by Crippen LogP contribution is -2.52. The Labute approximate surface area is 194 Å². The molecule has 34 heavy (non-hydrogen) atoms. The predicted molar refractivity (Wildman–Crippen MR) is 118 cm³/mol. The first-order valence-corrected chi connectivity index (χ1v) is 11.4. The van der Waals surface area contributed by atoms with Gasteiger partial charge in [0, 0.05) is 24.4 Å². The van der Waals surface area contributed by atoms with E-state index in [0.29, 0.717) is 31.2 Å². The van der Waals surface area contributed by atoms with Crippen molar-refractivity contribution in [2.45, 2.75) is 38.8 Å². The molecule has 0 bridgehead atoms. The summed E-state index contributed by atoms with van der Waals surface area (Å²) in [5, 5.41) is 5.80. The molecule has 0 unspecified atom stereocenters. The van der Waals surface area contributed by atoms with Crippen LogP contribution in [0.25, 0.3) is 10.9 Å². The Morgan fingerprint density at radius 3 is 2.76 bits per heavy atom. The van der Waals surface area contributed by atoms with Gasteiger partial charge in [-0.2, -0.15) is 0 Å². The van der Waals surface area contributed by atoms with Gasteiger partial charge in [0.1, 0.15) is 18.0 Å². The van der Waals surface area contributed by atoms with E-state index in [9.17, 15) is 28.0 Å². The van der Waals surface area contributed by atoms with E-state index in [1.165, 1.54) is 17.0 Å². The number of carbonyl (C=O) groups is 4. The number of hydrogen-bond donors (Lipinski definition) is 3. The summed E-state index contributed by atoms with van der Waals surface area (Å²) in [4.78, 5) is 54.3. The highest BCUT2D eigenvalue weighted by atomic mass is 19.2. The second-order valence-electron chi connectivity index (χ2n) is 10.1. The van der Waals surface area contributed by atoms with Crippen LogP contribution in [0, 0.1) is 34.8 Å². The van der Waals surface area contributed by atoms with Crippen LogP contribution in [-0.2, 0) is 14.4 Å². The van der Waals surface area contributed by atoms with Crippen LogP contribution in [0.15, 0.2) is 18.2 Å². The lowest BCUT2D eigenvalue weighted by Gasteiger charge is -2.30. The lowest BCUT2D eigenvalue weighted by molar-refractivity contribution is -0.129. The number of nitrogens with zero attached hydrogens (tertiary/aromatic N) is 1. The summed E-state index contributed by atoms with van der Waals surface area (Å²) < 4.78 is 27.7. The highest BCUT2D eigenvalue weighted by Gasteiger charge is 2.69. The zero-order valence-electron chi connectivity index (χ0n) is 18.9. The molecule has 0 radical (unpaired) electrons. The molecule has 3 fully saturated rings. The van der Waals surface area contributed by atoms with Crippen LogP contribution in [0.1, 0.15) is 37.2 Å². The van der Waals surface area contributed by atoms with E-state index < -0.39 is 35.5 Å². The molecule has 3 heterocycles. The van der Waals surface area contributed by atoms with E-state index in [4.69, 9.17) is 0 Å². The molecule has 5 rings (SSSR count). The fourth-order valence-electron chi connectivity index (χ4n) is 5.80. The number of amides is 3. The van der Waals surface area contributed by atoms with Gasteiger partial charge in [0.05, 0.1) is 11.6 Å². The maximum absolute atomic E-state index is 14.1. The van der Waals surface area contributed by atoms with Crippen molar-refractivity contribution in [3.05, 3.63) is 35.5 Å². The van der Waals surface area contributed by atoms with Gasteiger partial charge in [0.15, 0.2) is 11.6 Å². The molecule has 10 heteroatoms. The molecule has 2 aliphatic heterocycles. The Morgan fingerprint density at radius 1 is 1.32 bits per heavy atom. The Bertz CT molecular complexity index is 1210. The minimum Gasteiger partial charge on any atom is -0.356 e. The summed E-state index contributed by atoms with van der Waals surface area (Å²) in [5.41, 5.74) is -0.188. The molecule has 1 saturated carbocycles. The number of nitrogens with one attached hydrogen (secondary N) is 3. The highest BCUT2D eigenvalue weighted by molar-refractivity contribution is 6.01. The average molecular weight is 472 g/mol. The van der Waals surface area contributed by atoms with Crippen LogP contribution in [0.5, 0.6) is 0 Å². The number of fused-ring (bicyclic) bond motifs is 2. The zero-order chi connectivity index (χ0) is 24.4. The van der Waals surface area contributed by atoms with Gasteiger partial charge >= 0.3 is 0 Å². The predicted octanol–water partition coefficient (Wildman–Crippen LogP) is 1.75. The summed E-state index contributed by atoms with van der Waals surface area (Å²) in [6.45, 7) is 4.95. The van der Waals surface area contributed by atoms with Crippen molar-refractivity contribution in [3.8, 4) is 0 Å². The van der Waals surface area contributed by atoms with E-state index in [1.807, 2.05) is 13.8 Å². The number of hydrogen-bond acceptors (Lipinski definition) is 4. The van der Waals surface area contributed by atoms with Crippen molar-refractivity contribution in [2.24, 2.45) is 23.2 Å². The Hall–Kier alpha value is -3.30. The molecule has 2 aromatic rings. The molecule has 180 valence electrons. The summed E-state index contributed by atoms with van der Waals surface area (Å²) in [5.74, 6) is -3.48. The van der Waals surface area contributed by atoms with Gasteiger partial charge in [-0.3, -0.25) is 14.4 Å². The monoisotopic (exact) mass is 472 g/mol. The SMILES string of the molecule is CC1(C)[C@@H]2[C@@H](C(=O)N[C@H](C=O)C[C@@H]3CCNC3=O)N(C(=O)c3cc4ccc(F)c(F)c4[nH]3)C[C@@H]21. The van der Waals surface area contributed by atoms with Crippen LogP contribution >= 0.6 is 0 Å². The lowest BCUT2D eigenvalue weighted by atomic mass is 9.97. The van der Waals surface area contributed by atoms with Crippen LogP contribution < -0.4 is 10.6 Å². The first-order valence-electron chi connectivity index (χ1n) is 11.4. The standard InChI is InChI=1S/C24H26F2N4O4/c1-24(2)14-9-30(23(34)16-8-11-3-4-15(25)18(26)19(11)29-16)20(17(14)24)22(33)28-13(10-31)7-12-5-6-27-21(12)32/h3-4,8,10,12-14,17,20,29H,5-7,9H2,1-2H3,(H,27,32)(H,28,33)/t12-,13-,14-,17-,20-/m0/s1. The number of carbonyl (C=O) groups excluding carboxylic acids is 4. The van der Waals surface area contributed by atoms with E-state index in [2.05, 4.69) is 15.6 Å². The van der Waals surface area contributed by atoms with Crippen LogP contribution in [-0.4, -0.2) is 59.1 Å². The number of aromatic nitrogens is 1. The molecule has 1 aromatic carbocycles. The minimum absolute atomic E-state index is 0.0611. The van der Waals surface area contributed by atoms with Crippen molar-refractivity contribution in [1.29, 1.82) is 0 Å². The van der Waals surface area contributed by atoms with Crippen molar-refractivity contribution in [2.75, 3.05) is 13.1 Å². The summed E-state index contributed by atoms with van der Waals surface area (Å²) in [6.07, 6.45) is 1.42. The minimum atomic E-state index is -1.07. The molecule has 1 aromatic heterocycles. The fraction of sp³-hybridized carbons (Fsp3) is 0.500. The number of aromatic amines is 1. The molecule has 1 aliphatic carbocycles. The Kier molecular flexibility index (Phi) is 5.22. The van der Waals surface area contributed by atoms with Gasteiger partial charge in [-0.05, 0) is 48.3 Å².